The smallest absolute Gasteiger partial charge is 0.0795 e. The van der Waals surface area contributed by atoms with E-state index in [9.17, 15) is 0 Å². The summed E-state index contributed by atoms with van der Waals surface area (Å²) in [6.07, 6.45) is 3.47. The number of aliphatic hydroxyl groups excluding tert-OH is 1. The Morgan fingerprint density at radius 1 is 1.67 bits per heavy atom. The molecule has 1 aliphatic carbocycles. The van der Waals surface area contributed by atoms with Gasteiger partial charge in [0.1, 0.15) is 0 Å². The maximum atomic E-state index is 9.00. The van der Waals surface area contributed by atoms with Crippen LogP contribution in [-0.2, 0) is 0 Å². The van der Waals surface area contributed by atoms with Crippen molar-refractivity contribution in [2.45, 2.75) is 38.3 Å². The number of aromatic nitrogens is 1. The largest absolute Gasteiger partial charge is 0.396 e. The first-order valence-electron chi connectivity index (χ1n) is 5.56. The Balaban J connectivity index is 1.88. The normalized spacial score (nSPS) is 20.1. The molecule has 2 rings (SSSR count). The number of nitrogens with one attached hydrogen (secondary N) is 1. The lowest BCUT2D eigenvalue weighted by atomic mass is 10.1. The molecule has 0 spiro atoms. The van der Waals surface area contributed by atoms with Crippen molar-refractivity contribution in [3.05, 3.63) is 16.6 Å². The molecule has 0 bridgehead atoms. The van der Waals surface area contributed by atoms with Gasteiger partial charge in [-0.25, -0.2) is 4.98 Å². The van der Waals surface area contributed by atoms with E-state index < -0.39 is 0 Å². The summed E-state index contributed by atoms with van der Waals surface area (Å²) in [6.45, 7) is 2.42. The zero-order valence-electron chi connectivity index (χ0n) is 9.02. The molecule has 1 fully saturated rings. The molecule has 4 heteroatoms. The highest BCUT2D eigenvalue weighted by Gasteiger charge is 2.31. The molecule has 0 amide bonds. The highest BCUT2D eigenvalue weighted by molar-refractivity contribution is 7.07. The lowest BCUT2D eigenvalue weighted by Crippen LogP contribution is -2.34. The van der Waals surface area contributed by atoms with Gasteiger partial charge in [0.05, 0.1) is 11.2 Å². The fourth-order valence-electron chi connectivity index (χ4n) is 1.94. The van der Waals surface area contributed by atoms with E-state index in [1.54, 1.807) is 11.3 Å². The minimum Gasteiger partial charge on any atom is -0.396 e. The van der Waals surface area contributed by atoms with Gasteiger partial charge in [0.2, 0.25) is 0 Å². The summed E-state index contributed by atoms with van der Waals surface area (Å²) in [6, 6.07) is 0.764. The van der Waals surface area contributed by atoms with Gasteiger partial charge in [-0.3, -0.25) is 0 Å². The first-order valence-corrected chi connectivity index (χ1v) is 6.50. The summed E-state index contributed by atoms with van der Waals surface area (Å²) < 4.78 is 0. The van der Waals surface area contributed by atoms with Gasteiger partial charge in [-0.05, 0) is 32.1 Å². The molecule has 15 heavy (non-hydrogen) atoms. The maximum absolute atomic E-state index is 9.00. The van der Waals surface area contributed by atoms with E-state index in [-0.39, 0.29) is 6.61 Å². The van der Waals surface area contributed by atoms with Crippen LogP contribution in [0.2, 0.25) is 0 Å². The van der Waals surface area contributed by atoms with Crippen molar-refractivity contribution in [3.63, 3.8) is 0 Å². The Kier molecular flexibility index (Phi) is 3.72. The average molecular weight is 226 g/mol. The lowest BCUT2D eigenvalue weighted by molar-refractivity contribution is 0.249. The molecule has 0 saturated heterocycles. The van der Waals surface area contributed by atoms with Crippen LogP contribution in [0.25, 0.3) is 0 Å². The van der Waals surface area contributed by atoms with Crippen LogP contribution in [0, 0.1) is 5.92 Å². The Morgan fingerprint density at radius 2 is 2.47 bits per heavy atom. The second kappa shape index (κ2) is 5.05. The molecule has 1 saturated carbocycles. The SMILES string of the molecule is CC(NC(CCO)C1CC1)c1cscn1. The van der Waals surface area contributed by atoms with E-state index in [4.69, 9.17) is 5.11 Å². The summed E-state index contributed by atoms with van der Waals surface area (Å²) in [7, 11) is 0. The second-order valence-corrected chi connectivity index (χ2v) is 4.98. The van der Waals surface area contributed by atoms with Gasteiger partial charge in [0.15, 0.2) is 0 Å². The number of thiazole rings is 1. The molecule has 0 aromatic carbocycles. The molecule has 2 N–H and O–H groups in total. The van der Waals surface area contributed by atoms with Crippen molar-refractivity contribution in [2.24, 2.45) is 5.92 Å². The molecule has 84 valence electrons. The Bertz CT molecular complexity index is 285. The van der Waals surface area contributed by atoms with Crippen molar-refractivity contribution >= 4 is 11.3 Å². The molecule has 0 radical (unpaired) electrons. The van der Waals surface area contributed by atoms with Crippen molar-refractivity contribution in [3.8, 4) is 0 Å². The van der Waals surface area contributed by atoms with Gasteiger partial charge in [0, 0.05) is 24.1 Å². The number of nitrogens with zero attached hydrogens (tertiary/aromatic N) is 1. The van der Waals surface area contributed by atoms with Crippen LogP contribution in [0.5, 0.6) is 0 Å². The van der Waals surface area contributed by atoms with Gasteiger partial charge in [-0.2, -0.15) is 0 Å². The molecule has 1 heterocycles. The van der Waals surface area contributed by atoms with Gasteiger partial charge >= 0.3 is 0 Å². The topological polar surface area (TPSA) is 45.1 Å². The van der Waals surface area contributed by atoms with Crippen molar-refractivity contribution in [1.29, 1.82) is 0 Å². The van der Waals surface area contributed by atoms with Crippen molar-refractivity contribution in [1.82, 2.24) is 10.3 Å². The first kappa shape index (κ1) is 11.0. The number of hydrogen-bond donors (Lipinski definition) is 2. The van der Waals surface area contributed by atoms with Crippen LogP contribution in [0.4, 0.5) is 0 Å². The monoisotopic (exact) mass is 226 g/mol. The number of aliphatic hydroxyl groups is 1. The Hall–Kier alpha value is -0.450. The van der Waals surface area contributed by atoms with Crippen LogP contribution < -0.4 is 5.32 Å². The van der Waals surface area contributed by atoms with Gasteiger partial charge < -0.3 is 10.4 Å². The molecule has 3 nitrogen and oxygen atoms in total. The third-order valence-corrected chi connectivity index (χ3v) is 3.59. The molecule has 1 aliphatic rings. The number of hydrogen-bond acceptors (Lipinski definition) is 4. The lowest BCUT2D eigenvalue weighted by Gasteiger charge is -2.21. The molecule has 1 aromatic rings. The molecule has 2 unspecified atom stereocenters. The summed E-state index contributed by atoms with van der Waals surface area (Å²) in [4.78, 5) is 4.30. The molecule has 2 atom stereocenters. The van der Waals surface area contributed by atoms with E-state index >= 15 is 0 Å². The van der Waals surface area contributed by atoms with Gasteiger partial charge in [-0.1, -0.05) is 0 Å². The Morgan fingerprint density at radius 3 is 3.00 bits per heavy atom. The fraction of sp³-hybridized carbons (Fsp3) is 0.727. The van der Waals surface area contributed by atoms with E-state index in [0.717, 1.165) is 18.0 Å². The predicted molar refractivity (Wildman–Crippen MR) is 61.9 cm³/mol. The van der Waals surface area contributed by atoms with Crippen LogP contribution in [0.3, 0.4) is 0 Å². The molecule has 0 aliphatic heterocycles. The van der Waals surface area contributed by atoms with Gasteiger partial charge in [-0.15, -0.1) is 11.3 Å². The van der Waals surface area contributed by atoms with Crippen LogP contribution in [-0.4, -0.2) is 22.7 Å². The van der Waals surface area contributed by atoms with E-state index in [0.29, 0.717) is 12.1 Å². The standard InChI is InChI=1S/C11H18N2OS/c1-8(11-6-15-7-12-11)13-10(4-5-14)9-2-3-9/h6-10,13-14H,2-5H2,1H3. The van der Waals surface area contributed by atoms with E-state index in [1.165, 1.54) is 12.8 Å². The van der Waals surface area contributed by atoms with Gasteiger partial charge in [0.25, 0.3) is 0 Å². The molecule has 1 aromatic heterocycles. The fourth-order valence-corrected chi connectivity index (χ4v) is 2.58. The summed E-state index contributed by atoms with van der Waals surface area (Å²) in [5, 5.41) is 14.7. The Labute approximate surface area is 94.5 Å². The average Bonchev–Trinajstić information content (AvgIpc) is 2.92. The summed E-state index contributed by atoms with van der Waals surface area (Å²) in [5.74, 6) is 0.776. The van der Waals surface area contributed by atoms with Crippen LogP contribution >= 0.6 is 11.3 Å². The van der Waals surface area contributed by atoms with Crippen LogP contribution in [0.1, 0.15) is 37.9 Å². The minimum absolute atomic E-state index is 0.276. The number of rotatable bonds is 6. The zero-order valence-corrected chi connectivity index (χ0v) is 9.83. The zero-order chi connectivity index (χ0) is 10.7. The van der Waals surface area contributed by atoms with E-state index in [2.05, 4.69) is 22.6 Å². The van der Waals surface area contributed by atoms with Crippen molar-refractivity contribution < 1.29 is 5.11 Å². The highest BCUT2D eigenvalue weighted by Crippen LogP contribution is 2.35. The molecular formula is C11H18N2OS. The summed E-state index contributed by atoms with van der Waals surface area (Å²) in [5.41, 5.74) is 2.98. The van der Waals surface area contributed by atoms with Crippen molar-refractivity contribution in [2.75, 3.05) is 6.61 Å². The first-order chi connectivity index (χ1) is 7.31. The molecular weight excluding hydrogens is 208 g/mol. The predicted octanol–water partition coefficient (Wildman–Crippen LogP) is 1.95. The van der Waals surface area contributed by atoms with E-state index in [1.807, 2.05) is 5.51 Å². The third kappa shape index (κ3) is 3.00. The minimum atomic E-state index is 0.276. The maximum Gasteiger partial charge on any atom is 0.0795 e. The third-order valence-electron chi connectivity index (χ3n) is 2.99. The van der Waals surface area contributed by atoms with Crippen LogP contribution in [0.15, 0.2) is 10.9 Å². The highest BCUT2D eigenvalue weighted by atomic mass is 32.1. The second-order valence-electron chi connectivity index (χ2n) is 4.26. The quantitative estimate of drug-likeness (QED) is 0.779. The summed E-state index contributed by atoms with van der Waals surface area (Å²) >= 11 is 1.63.